The lowest BCUT2D eigenvalue weighted by atomic mass is 10.2. The Balaban J connectivity index is 1.51. The topological polar surface area (TPSA) is 63.7 Å². The van der Waals surface area contributed by atoms with Gasteiger partial charge in [0.15, 0.2) is 0 Å². The van der Waals surface area contributed by atoms with Crippen molar-refractivity contribution in [2.75, 3.05) is 26.3 Å². The van der Waals surface area contributed by atoms with Gasteiger partial charge < -0.3 is 19.7 Å². The van der Waals surface area contributed by atoms with Gasteiger partial charge in [0.05, 0.1) is 24.9 Å². The molecule has 1 aromatic carbocycles. The highest BCUT2D eigenvalue weighted by molar-refractivity contribution is 5.74. The van der Waals surface area contributed by atoms with Crippen molar-refractivity contribution >= 4 is 6.03 Å². The van der Waals surface area contributed by atoms with Crippen molar-refractivity contribution in [2.45, 2.75) is 32.4 Å². The van der Waals surface area contributed by atoms with E-state index in [1.54, 1.807) is 11.1 Å². The highest BCUT2D eigenvalue weighted by atomic mass is 16.5. The maximum absolute atomic E-state index is 12.7. The lowest BCUT2D eigenvalue weighted by Gasteiger charge is -2.25. The van der Waals surface area contributed by atoms with Crippen LogP contribution in [0.25, 0.3) is 0 Å². The van der Waals surface area contributed by atoms with Crippen LogP contribution in [0.1, 0.15) is 24.1 Å². The van der Waals surface area contributed by atoms with Gasteiger partial charge in [-0.3, -0.25) is 4.98 Å². The van der Waals surface area contributed by atoms with Gasteiger partial charge in [0.25, 0.3) is 0 Å². The summed E-state index contributed by atoms with van der Waals surface area (Å²) in [5, 5.41) is 2.95. The number of hydrogen-bond donors (Lipinski definition) is 1. The Hall–Kier alpha value is -2.60. The van der Waals surface area contributed by atoms with Crippen LogP contribution in [0.15, 0.2) is 48.7 Å². The molecule has 6 nitrogen and oxygen atoms in total. The molecule has 1 saturated heterocycles. The lowest BCUT2D eigenvalue weighted by molar-refractivity contribution is 0.0790. The standard InChI is InChI=1S/C21H27N3O3/c1-17-7-2-3-10-20(17)27-14-12-23-21(25)24(16-19-9-6-13-26-19)15-18-8-4-5-11-22-18/h2-5,7-8,10-11,19H,6,9,12-16H2,1H3,(H,23,25)/t19-/m0/s1. The van der Waals surface area contributed by atoms with E-state index in [0.29, 0.717) is 26.2 Å². The first-order chi connectivity index (χ1) is 13.2. The van der Waals surface area contributed by atoms with E-state index in [1.807, 2.05) is 49.4 Å². The largest absolute Gasteiger partial charge is 0.491 e. The van der Waals surface area contributed by atoms with Gasteiger partial charge in [-0.1, -0.05) is 24.3 Å². The van der Waals surface area contributed by atoms with Crippen molar-refractivity contribution in [3.63, 3.8) is 0 Å². The van der Waals surface area contributed by atoms with E-state index in [1.165, 1.54) is 0 Å². The van der Waals surface area contributed by atoms with Gasteiger partial charge in [0.2, 0.25) is 0 Å². The van der Waals surface area contributed by atoms with E-state index >= 15 is 0 Å². The predicted molar refractivity (Wildman–Crippen MR) is 104 cm³/mol. The van der Waals surface area contributed by atoms with Crippen molar-refractivity contribution in [2.24, 2.45) is 0 Å². The molecule has 0 aliphatic carbocycles. The van der Waals surface area contributed by atoms with Gasteiger partial charge in [-0.25, -0.2) is 4.79 Å². The second-order valence-electron chi connectivity index (χ2n) is 6.68. The van der Waals surface area contributed by atoms with Gasteiger partial charge in [0.1, 0.15) is 12.4 Å². The summed E-state index contributed by atoms with van der Waals surface area (Å²) in [5.41, 5.74) is 1.95. The first kappa shape index (κ1) is 19.2. The number of urea groups is 1. The zero-order valence-electron chi connectivity index (χ0n) is 15.8. The smallest absolute Gasteiger partial charge is 0.317 e. The van der Waals surface area contributed by atoms with Crippen LogP contribution in [0.5, 0.6) is 5.75 Å². The highest BCUT2D eigenvalue weighted by Crippen LogP contribution is 2.16. The lowest BCUT2D eigenvalue weighted by Crippen LogP contribution is -2.44. The molecule has 1 aliphatic rings. The highest BCUT2D eigenvalue weighted by Gasteiger charge is 2.23. The van der Waals surface area contributed by atoms with Crippen molar-refractivity contribution in [1.82, 2.24) is 15.2 Å². The van der Waals surface area contributed by atoms with Crippen LogP contribution < -0.4 is 10.1 Å². The number of carbonyl (C=O) groups excluding carboxylic acids is 1. The number of para-hydroxylation sites is 1. The average Bonchev–Trinajstić information content (AvgIpc) is 3.20. The summed E-state index contributed by atoms with van der Waals surface area (Å²) in [5.74, 6) is 0.844. The number of nitrogens with one attached hydrogen (secondary N) is 1. The Morgan fingerprint density at radius 3 is 2.89 bits per heavy atom. The number of carbonyl (C=O) groups is 1. The summed E-state index contributed by atoms with van der Waals surface area (Å²) in [6.45, 7) is 4.68. The third-order valence-corrected chi connectivity index (χ3v) is 4.54. The Kier molecular flexibility index (Phi) is 7.04. The molecule has 0 radical (unpaired) electrons. The molecule has 3 rings (SSSR count). The zero-order chi connectivity index (χ0) is 18.9. The van der Waals surface area contributed by atoms with Crippen LogP contribution in [0.3, 0.4) is 0 Å². The van der Waals surface area contributed by atoms with Gasteiger partial charge in [-0.2, -0.15) is 0 Å². The summed E-state index contributed by atoms with van der Waals surface area (Å²) in [4.78, 5) is 18.8. The number of benzene rings is 1. The van der Waals surface area contributed by atoms with Gasteiger partial charge in [-0.05, 0) is 43.5 Å². The predicted octanol–water partition coefficient (Wildman–Crippen LogP) is 3.16. The molecule has 144 valence electrons. The number of aromatic nitrogens is 1. The number of hydrogen-bond acceptors (Lipinski definition) is 4. The molecule has 0 spiro atoms. The molecule has 1 aromatic heterocycles. The molecule has 27 heavy (non-hydrogen) atoms. The molecule has 2 heterocycles. The Morgan fingerprint density at radius 1 is 1.30 bits per heavy atom. The van der Waals surface area contributed by atoms with Gasteiger partial charge in [0, 0.05) is 19.3 Å². The van der Waals surface area contributed by atoms with Crippen LogP contribution >= 0.6 is 0 Å². The Labute approximate surface area is 160 Å². The molecule has 1 aliphatic heterocycles. The van der Waals surface area contributed by atoms with Crippen LogP contribution in [-0.4, -0.2) is 48.3 Å². The van der Waals surface area contributed by atoms with Crippen molar-refractivity contribution in [1.29, 1.82) is 0 Å². The molecule has 1 fully saturated rings. The molecule has 2 amide bonds. The quantitative estimate of drug-likeness (QED) is 0.726. The van der Waals surface area contributed by atoms with Gasteiger partial charge >= 0.3 is 6.03 Å². The fourth-order valence-corrected chi connectivity index (χ4v) is 3.09. The van der Waals surface area contributed by atoms with Crippen LogP contribution in [0.2, 0.25) is 0 Å². The Morgan fingerprint density at radius 2 is 2.15 bits per heavy atom. The molecule has 0 saturated carbocycles. The fourth-order valence-electron chi connectivity index (χ4n) is 3.09. The normalized spacial score (nSPS) is 16.1. The van der Waals surface area contributed by atoms with Crippen molar-refractivity contribution < 1.29 is 14.3 Å². The van der Waals surface area contributed by atoms with Crippen LogP contribution in [0.4, 0.5) is 4.79 Å². The molecule has 0 unspecified atom stereocenters. The van der Waals surface area contributed by atoms with E-state index in [-0.39, 0.29) is 12.1 Å². The van der Waals surface area contributed by atoms with E-state index in [9.17, 15) is 4.79 Å². The van der Waals surface area contributed by atoms with Crippen molar-refractivity contribution in [3.05, 3.63) is 59.9 Å². The maximum Gasteiger partial charge on any atom is 0.317 e. The van der Waals surface area contributed by atoms with Crippen LogP contribution in [0, 0.1) is 6.92 Å². The minimum absolute atomic E-state index is 0.0997. The SMILES string of the molecule is Cc1ccccc1OCCNC(=O)N(Cc1ccccn1)C[C@@H]1CCCO1. The second kappa shape index (κ2) is 9.92. The summed E-state index contributed by atoms with van der Waals surface area (Å²) < 4.78 is 11.4. The number of pyridine rings is 1. The van der Waals surface area contributed by atoms with E-state index < -0.39 is 0 Å². The first-order valence-electron chi connectivity index (χ1n) is 9.45. The average molecular weight is 369 g/mol. The summed E-state index contributed by atoms with van der Waals surface area (Å²) in [7, 11) is 0. The zero-order valence-corrected chi connectivity index (χ0v) is 15.8. The maximum atomic E-state index is 12.7. The second-order valence-corrected chi connectivity index (χ2v) is 6.68. The third kappa shape index (κ3) is 5.96. The number of rotatable bonds is 8. The van der Waals surface area contributed by atoms with Crippen molar-refractivity contribution in [3.8, 4) is 5.75 Å². The molecular weight excluding hydrogens is 342 g/mol. The van der Waals surface area contributed by atoms with E-state index in [2.05, 4.69) is 10.3 Å². The van der Waals surface area contributed by atoms with Gasteiger partial charge in [-0.15, -0.1) is 0 Å². The number of amides is 2. The first-order valence-corrected chi connectivity index (χ1v) is 9.45. The monoisotopic (exact) mass is 369 g/mol. The number of aryl methyl sites for hydroxylation is 1. The molecular formula is C21H27N3O3. The minimum atomic E-state index is -0.121. The molecule has 1 atom stereocenters. The molecule has 1 N–H and O–H groups in total. The number of ether oxygens (including phenoxy) is 2. The van der Waals surface area contributed by atoms with Crippen LogP contribution in [-0.2, 0) is 11.3 Å². The summed E-state index contributed by atoms with van der Waals surface area (Å²) in [6.07, 6.45) is 3.88. The van der Waals surface area contributed by atoms with E-state index in [0.717, 1.165) is 36.5 Å². The third-order valence-electron chi connectivity index (χ3n) is 4.54. The number of nitrogens with zero attached hydrogens (tertiary/aromatic N) is 2. The Bertz CT molecular complexity index is 718. The molecule has 0 bridgehead atoms. The summed E-state index contributed by atoms with van der Waals surface area (Å²) >= 11 is 0. The fraction of sp³-hybridized carbons (Fsp3) is 0.429. The summed E-state index contributed by atoms with van der Waals surface area (Å²) in [6, 6.07) is 13.5. The minimum Gasteiger partial charge on any atom is -0.491 e. The molecule has 6 heteroatoms. The molecule has 2 aromatic rings. The van der Waals surface area contributed by atoms with E-state index in [4.69, 9.17) is 9.47 Å².